The van der Waals surface area contributed by atoms with E-state index in [0.29, 0.717) is 12.8 Å². The van der Waals surface area contributed by atoms with Crippen molar-refractivity contribution >= 4 is 26.0 Å². The van der Waals surface area contributed by atoms with Gasteiger partial charge >= 0.3 is 5.97 Å². The van der Waals surface area contributed by atoms with Gasteiger partial charge in [-0.15, -0.1) is 0 Å². The predicted octanol–water partition coefficient (Wildman–Crippen LogP) is 2.29. The number of esters is 1. The van der Waals surface area contributed by atoms with Gasteiger partial charge in [-0.2, -0.15) is 4.31 Å². The van der Waals surface area contributed by atoms with Crippen LogP contribution < -0.4 is 0 Å². The molecule has 0 atom stereocenters. The monoisotopic (exact) mass is 484 g/mol. The molecule has 1 fully saturated rings. The normalized spacial score (nSPS) is 16.4. The summed E-state index contributed by atoms with van der Waals surface area (Å²) in [5.74, 6) is -0.670. The SMILES string of the molecule is Cc1ccc(S(=O)(=O)N2CCC(C(=O)OCc3ccc(S(=O)(=O)N(C)C)o3)CC2)cc1C. The Kier molecular flexibility index (Phi) is 7.13. The van der Waals surface area contributed by atoms with Crippen molar-refractivity contribution < 1.29 is 30.8 Å². The number of aryl methyl sites for hydroxylation is 2. The molecule has 1 aliphatic rings. The number of hydrogen-bond acceptors (Lipinski definition) is 7. The second kappa shape index (κ2) is 9.34. The van der Waals surface area contributed by atoms with Gasteiger partial charge in [0.15, 0.2) is 0 Å². The summed E-state index contributed by atoms with van der Waals surface area (Å²) in [6, 6.07) is 7.82. The maximum absolute atomic E-state index is 12.9. The first kappa shape index (κ1) is 24.4. The molecule has 0 bridgehead atoms. The van der Waals surface area contributed by atoms with Crippen molar-refractivity contribution in [1.82, 2.24) is 8.61 Å². The minimum absolute atomic E-state index is 0.192. The van der Waals surface area contributed by atoms with Gasteiger partial charge in [0.1, 0.15) is 12.4 Å². The van der Waals surface area contributed by atoms with Crippen LogP contribution in [0.15, 0.2) is 44.7 Å². The molecular formula is C21H28N2O7S2. The average molecular weight is 485 g/mol. The van der Waals surface area contributed by atoms with Gasteiger partial charge in [-0.25, -0.2) is 21.1 Å². The third-order valence-electron chi connectivity index (χ3n) is 5.63. The second-order valence-corrected chi connectivity index (χ2v) is 12.1. The molecule has 176 valence electrons. The predicted molar refractivity (Wildman–Crippen MR) is 117 cm³/mol. The second-order valence-electron chi connectivity index (χ2n) is 8.04. The van der Waals surface area contributed by atoms with Gasteiger partial charge in [0.2, 0.25) is 15.1 Å². The average Bonchev–Trinajstić information content (AvgIpc) is 3.23. The Hall–Kier alpha value is -2.21. The molecule has 0 spiro atoms. The smallest absolute Gasteiger partial charge is 0.309 e. The van der Waals surface area contributed by atoms with E-state index in [-0.39, 0.29) is 35.4 Å². The van der Waals surface area contributed by atoms with Crippen molar-refractivity contribution in [3.63, 3.8) is 0 Å². The summed E-state index contributed by atoms with van der Waals surface area (Å²) in [7, 11) is -4.53. The van der Waals surface area contributed by atoms with Crippen molar-refractivity contribution in [2.24, 2.45) is 5.92 Å². The van der Waals surface area contributed by atoms with Crippen molar-refractivity contribution in [2.75, 3.05) is 27.2 Å². The lowest BCUT2D eigenvalue weighted by atomic mass is 9.98. The summed E-state index contributed by atoms with van der Waals surface area (Å²) < 4.78 is 62.9. The highest BCUT2D eigenvalue weighted by atomic mass is 32.2. The van der Waals surface area contributed by atoms with E-state index in [1.54, 1.807) is 18.2 Å². The van der Waals surface area contributed by atoms with E-state index >= 15 is 0 Å². The third kappa shape index (κ3) is 5.06. The van der Waals surface area contributed by atoms with E-state index in [2.05, 4.69) is 0 Å². The third-order valence-corrected chi connectivity index (χ3v) is 9.22. The van der Waals surface area contributed by atoms with E-state index in [9.17, 15) is 21.6 Å². The highest BCUT2D eigenvalue weighted by molar-refractivity contribution is 7.89. The lowest BCUT2D eigenvalue weighted by molar-refractivity contribution is -0.151. The first-order valence-electron chi connectivity index (χ1n) is 10.2. The molecule has 9 nitrogen and oxygen atoms in total. The van der Waals surface area contributed by atoms with E-state index < -0.39 is 31.9 Å². The Balaban J connectivity index is 1.56. The highest BCUT2D eigenvalue weighted by Gasteiger charge is 2.33. The maximum Gasteiger partial charge on any atom is 0.309 e. The van der Waals surface area contributed by atoms with Crippen LogP contribution in [0.4, 0.5) is 0 Å². The molecule has 0 unspecified atom stereocenters. The van der Waals surface area contributed by atoms with Gasteiger partial charge in [0, 0.05) is 27.2 Å². The molecule has 2 heterocycles. The molecular weight excluding hydrogens is 456 g/mol. The highest BCUT2D eigenvalue weighted by Crippen LogP contribution is 2.26. The van der Waals surface area contributed by atoms with Crippen LogP contribution in [-0.2, 0) is 36.2 Å². The number of nitrogens with zero attached hydrogens (tertiary/aromatic N) is 2. The van der Waals surface area contributed by atoms with Gasteiger partial charge < -0.3 is 9.15 Å². The Labute approximate surface area is 189 Å². The topological polar surface area (TPSA) is 114 Å². The zero-order chi connectivity index (χ0) is 23.7. The largest absolute Gasteiger partial charge is 0.457 e. The fourth-order valence-electron chi connectivity index (χ4n) is 3.37. The number of hydrogen-bond donors (Lipinski definition) is 0. The van der Waals surface area contributed by atoms with Crippen LogP contribution in [0.25, 0.3) is 0 Å². The first-order valence-corrected chi connectivity index (χ1v) is 13.1. The fraction of sp³-hybridized carbons (Fsp3) is 0.476. The molecule has 0 N–H and O–H groups in total. The Morgan fingerprint density at radius 2 is 1.72 bits per heavy atom. The van der Waals surface area contributed by atoms with Crippen molar-refractivity contribution in [1.29, 1.82) is 0 Å². The Morgan fingerprint density at radius 3 is 2.31 bits per heavy atom. The van der Waals surface area contributed by atoms with Gasteiger partial charge in [0.05, 0.1) is 10.8 Å². The Bertz CT molecular complexity index is 1190. The summed E-state index contributed by atoms with van der Waals surface area (Å²) in [6.07, 6.45) is 0.697. The number of carbonyl (C=O) groups is 1. The number of ether oxygens (including phenoxy) is 1. The molecule has 0 aliphatic carbocycles. The Morgan fingerprint density at radius 1 is 1.06 bits per heavy atom. The van der Waals surface area contributed by atoms with E-state index in [1.165, 1.54) is 30.5 Å². The van der Waals surface area contributed by atoms with Crippen LogP contribution in [0.3, 0.4) is 0 Å². The van der Waals surface area contributed by atoms with Crippen LogP contribution in [0.2, 0.25) is 0 Å². The molecule has 0 radical (unpaired) electrons. The van der Waals surface area contributed by atoms with Crippen LogP contribution in [-0.4, -0.2) is 58.6 Å². The van der Waals surface area contributed by atoms with E-state index in [1.807, 2.05) is 13.8 Å². The number of carbonyl (C=O) groups excluding carboxylic acids is 1. The lowest BCUT2D eigenvalue weighted by Crippen LogP contribution is -2.40. The number of piperidine rings is 1. The zero-order valence-corrected chi connectivity index (χ0v) is 20.2. The summed E-state index contributed by atoms with van der Waals surface area (Å²) in [4.78, 5) is 12.7. The minimum Gasteiger partial charge on any atom is -0.457 e. The van der Waals surface area contributed by atoms with Gasteiger partial charge in [0.25, 0.3) is 10.0 Å². The first-order chi connectivity index (χ1) is 14.9. The minimum atomic E-state index is -3.70. The summed E-state index contributed by atoms with van der Waals surface area (Å²) in [5, 5.41) is -0.224. The number of furan rings is 1. The molecule has 0 saturated carbocycles. The molecule has 11 heteroatoms. The van der Waals surface area contributed by atoms with Crippen LogP contribution in [0.1, 0.15) is 29.7 Å². The maximum atomic E-state index is 12.9. The van der Waals surface area contributed by atoms with Crippen molar-refractivity contribution in [3.8, 4) is 0 Å². The van der Waals surface area contributed by atoms with Crippen LogP contribution in [0.5, 0.6) is 0 Å². The van der Waals surface area contributed by atoms with Crippen LogP contribution in [0, 0.1) is 19.8 Å². The zero-order valence-electron chi connectivity index (χ0n) is 18.6. The standard InChI is InChI=1S/C21H28N2O7S2/c1-15-5-7-19(13-16(15)2)31(25,26)23-11-9-17(10-12-23)21(24)29-14-18-6-8-20(30-18)32(27,28)22(3)4/h5-8,13,17H,9-12,14H2,1-4H3. The van der Waals surface area contributed by atoms with Gasteiger partial charge in [-0.3, -0.25) is 4.79 Å². The summed E-state index contributed by atoms with van der Waals surface area (Å²) in [6.45, 7) is 4.05. The van der Waals surface area contributed by atoms with E-state index in [0.717, 1.165) is 15.4 Å². The summed E-state index contributed by atoms with van der Waals surface area (Å²) in [5.41, 5.74) is 1.93. The van der Waals surface area contributed by atoms with Crippen LogP contribution >= 0.6 is 0 Å². The number of sulfonamides is 2. The number of rotatable bonds is 7. The molecule has 2 aromatic rings. The molecule has 1 aromatic heterocycles. The molecule has 3 rings (SSSR count). The molecule has 0 amide bonds. The van der Waals surface area contributed by atoms with Gasteiger partial charge in [-0.1, -0.05) is 6.07 Å². The van der Waals surface area contributed by atoms with E-state index in [4.69, 9.17) is 9.15 Å². The quantitative estimate of drug-likeness (QED) is 0.554. The number of benzene rings is 1. The molecule has 1 aliphatic heterocycles. The summed E-state index contributed by atoms with van der Waals surface area (Å²) >= 11 is 0. The molecule has 1 saturated heterocycles. The lowest BCUT2D eigenvalue weighted by Gasteiger charge is -2.30. The fourth-order valence-corrected chi connectivity index (χ4v) is 5.74. The van der Waals surface area contributed by atoms with Crippen molar-refractivity contribution in [2.45, 2.75) is 43.3 Å². The van der Waals surface area contributed by atoms with Crippen molar-refractivity contribution in [3.05, 3.63) is 47.2 Å². The van der Waals surface area contributed by atoms with Gasteiger partial charge in [-0.05, 0) is 62.1 Å². The molecule has 32 heavy (non-hydrogen) atoms. The molecule has 1 aromatic carbocycles.